The molecule has 28 heavy (non-hydrogen) atoms. The third-order valence-electron chi connectivity index (χ3n) is 4.85. The Labute approximate surface area is 164 Å². The first-order valence-corrected chi connectivity index (χ1v) is 9.20. The molecule has 1 N–H and O–H groups in total. The van der Waals surface area contributed by atoms with Crippen LogP contribution < -0.4 is 5.56 Å². The fourth-order valence-electron chi connectivity index (χ4n) is 3.31. The van der Waals surface area contributed by atoms with Crippen LogP contribution >= 0.6 is 11.6 Å². The van der Waals surface area contributed by atoms with Crippen molar-refractivity contribution in [2.24, 2.45) is 0 Å². The SMILES string of the molecule is CCc1nn2c(ncc3c(=O)n([C@H](C)C(=O)O)ccc32)c1-c1ccc(Cl)cc1. The Kier molecular flexibility index (Phi) is 4.39. The summed E-state index contributed by atoms with van der Waals surface area (Å²) in [5.74, 6) is -1.08. The fourth-order valence-corrected chi connectivity index (χ4v) is 3.44. The maximum absolute atomic E-state index is 12.8. The van der Waals surface area contributed by atoms with Crippen molar-refractivity contribution in [3.8, 4) is 11.1 Å². The van der Waals surface area contributed by atoms with E-state index in [1.165, 1.54) is 23.9 Å². The first-order valence-electron chi connectivity index (χ1n) is 8.82. The van der Waals surface area contributed by atoms with Crippen molar-refractivity contribution in [1.82, 2.24) is 19.2 Å². The van der Waals surface area contributed by atoms with Crippen LogP contribution in [0.25, 0.3) is 27.7 Å². The van der Waals surface area contributed by atoms with Crippen LogP contribution in [0.15, 0.2) is 47.5 Å². The van der Waals surface area contributed by atoms with Gasteiger partial charge < -0.3 is 9.67 Å². The van der Waals surface area contributed by atoms with E-state index in [0.29, 0.717) is 28.0 Å². The predicted octanol–water partition coefficient (Wildman–Crippen LogP) is 3.57. The minimum atomic E-state index is -1.08. The minimum Gasteiger partial charge on any atom is -0.480 e. The number of aliphatic carboxylic acids is 1. The Morgan fingerprint density at radius 3 is 2.61 bits per heavy atom. The lowest BCUT2D eigenvalue weighted by atomic mass is 10.0. The van der Waals surface area contributed by atoms with E-state index in [1.54, 1.807) is 10.6 Å². The number of aromatic nitrogens is 4. The van der Waals surface area contributed by atoms with Crippen LogP contribution in [0.1, 0.15) is 25.6 Å². The smallest absolute Gasteiger partial charge is 0.326 e. The first kappa shape index (κ1) is 18.2. The molecule has 1 atom stereocenters. The number of carbonyl (C=O) groups is 1. The Morgan fingerprint density at radius 1 is 1.25 bits per heavy atom. The Balaban J connectivity index is 2.01. The van der Waals surface area contributed by atoms with Gasteiger partial charge in [0.2, 0.25) is 0 Å². The van der Waals surface area contributed by atoms with Crippen molar-refractivity contribution < 1.29 is 9.90 Å². The summed E-state index contributed by atoms with van der Waals surface area (Å²) >= 11 is 6.01. The third kappa shape index (κ3) is 2.75. The normalized spacial score (nSPS) is 12.5. The molecule has 0 spiro atoms. The molecule has 0 aliphatic carbocycles. The lowest BCUT2D eigenvalue weighted by Gasteiger charge is -2.11. The second kappa shape index (κ2) is 6.76. The van der Waals surface area contributed by atoms with Crippen LogP contribution in [0, 0.1) is 0 Å². The van der Waals surface area contributed by atoms with E-state index in [-0.39, 0.29) is 0 Å². The van der Waals surface area contributed by atoms with E-state index in [0.717, 1.165) is 16.8 Å². The van der Waals surface area contributed by atoms with E-state index in [2.05, 4.69) is 10.1 Å². The van der Waals surface area contributed by atoms with Gasteiger partial charge in [-0.2, -0.15) is 5.10 Å². The molecule has 3 aromatic heterocycles. The van der Waals surface area contributed by atoms with Crippen molar-refractivity contribution in [1.29, 1.82) is 0 Å². The molecule has 0 unspecified atom stereocenters. The Morgan fingerprint density at radius 2 is 1.96 bits per heavy atom. The first-order chi connectivity index (χ1) is 13.4. The quantitative estimate of drug-likeness (QED) is 0.569. The molecule has 4 aromatic rings. The minimum absolute atomic E-state index is 0.316. The predicted molar refractivity (Wildman–Crippen MR) is 107 cm³/mol. The van der Waals surface area contributed by atoms with Gasteiger partial charge in [0.15, 0.2) is 5.65 Å². The molecule has 7 nitrogen and oxygen atoms in total. The van der Waals surface area contributed by atoms with E-state index in [9.17, 15) is 14.7 Å². The maximum Gasteiger partial charge on any atom is 0.326 e. The van der Waals surface area contributed by atoms with Crippen LogP contribution in [0.5, 0.6) is 0 Å². The number of carboxylic acid groups (broad SMARTS) is 1. The number of halogens is 1. The van der Waals surface area contributed by atoms with E-state index >= 15 is 0 Å². The molecule has 0 saturated carbocycles. The van der Waals surface area contributed by atoms with E-state index in [1.807, 2.05) is 31.2 Å². The molecule has 0 radical (unpaired) electrons. The number of pyridine rings is 1. The summed E-state index contributed by atoms with van der Waals surface area (Å²) in [5.41, 5.74) is 3.49. The fraction of sp³-hybridized carbons (Fsp3) is 0.200. The van der Waals surface area contributed by atoms with Gasteiger partial charge in [0.25, 0.3) is 5.56 Å². The Hall–Kier alpha value is -3.19. The van der Waals surface area contributed by atoms with Gasteiger partial charge in [0, 0.05) is 23.0 Å². The molecular formula is C20H17ClN4O3. The second-order valence-electron chi connectivity index (χ2n) is 6.52. The highest BCUT2D eigenvalue weighted by Gasteiger charge is 2.20. The lowest BCUT2D eigenvalue weighted by molar-refractivity contribution is -0.140. The molecule has 0 bridgehead atoms. The number of hydrogen-bond donors (Lipinski definition) is 1. The standard InChI is InChI=1S/C20H17ClN4O3/c1-3-15-17(12-4-6-13(21)7-5-12)18-22-10-14-16(25(18)23-15)8-9-24(19(14)26)11(2)20(27)28/h4-11H,3H2,1-2H3,(H,27,28)/t11-/m1/s1. The topological polar surface area (TPSA) is 89.5 Å². The van der Waals surface area contributed by atoms with Gasteiger partial charge in [-0.3, -0.25) is 4.79 Å². The van der Waals surface area contributed by atoms with Crippen molar-refractivity contribution in [2.75, 3.05) is 0 Å². The van der Waals surface area contributed by atoms with Crippen LogP contribution in [0.3, 0.4) is 0 Å². The molecule has 0 aliphatic heterocycles. The number of rotatable bonds is 4. The highest BCUT2D eigenvalue weighted by Crippen LogP contribution is 2.30. The molecule has 8 heteroatoms. The van der Waals surface area contributed by atoms with Crippen LogP contribution in [0.2, 0.25) is 5.02 Å². The molecule has 0 amide bonds. The highest BCUT2D eigenvalue weighted by atomic mass is 35.5. The zero-order valence-electron chi connectivity index (χ0n) is 15.3. The summed E-state index contributed by atoms with van der Waals surface area (Å²) in [6.45, 7) is 3.47. The maximum atomic E-state index is 12.8. The Bertz CT molecular complexity index is 1270. The summed E-state index contributed by atoms with van der Waals surface area (Å²) < 4.78 is 2.83. The van der Waals surface area contributed by atoms with Gasteiger partial charge in [0.05, 0.1) is 16.6 Å². The van der Waals surface area contributed by atoms with Crippen LogP contribution in [0.4, 0.5) is 0 Å². The molecule has 0 aliphatic rings. The van der Waals surface area contributed by atoms with Gasteiger partial charge in [0.1, 0.15) is 6.04 Å². The number of hydrogen-bond acceptors (Lipinski definition) is 4. The molecule has 142 valence electrons. The van der Waals surface area contributed by atoms with Crippen molar-refractivity contribution in [2.45, 2.75) is 26.3 Å². The monoisotopic (exact) mass is 396 g/mol. The number of aryl methyl sites for hydroxylation is 1. The van der Waals surface area contributed by atoms with Crippen molar-refractivity contribution in [3.63, 3.8) is 0 Å². The molecule has 3 heterocycles. The van der Waals surface area contributed by atoms with E-state index < -0.39 is 17.6 Å². The average Bonchev–Trinajstić information content (AvgIpc) is 3.07. The largest absolute Gasteiger partial charge is 0.480 e. The third-order valence-corrected chi connectivity index (χ3v) is 5.11. The van der Waals surface area contributed by atoms with Crippen molar-refractivity contribution in [3.05, 3.63) is 63.8 Å². The zero-order valence-corrected chi connectivity index (χ0v) is 16.0. The van der Waals surface area contributed by atoms with Gasteiger partial charge in [-0.05, 0) is 37.1 Å². The molecule has 4 rings (SSSR count). The number of benzene rings is 1. The van der Waals surface area contributed by atoms with Gasteiger partial charge in [-0.25, -0.2) is 14.3 Å². The summed E-state index contributed by atoms with van der Waals surface area (Å²) in [6.07, 6.45) is 3.66. The number of nitrogens with zero attached hydrogens (tertiary/aromatic N) is 4. The highest BCUT2D eigenvalue weighted by molar-refractivity contribution is 6.30. The van der Waals surface area contributed by atoms with Crippen LogP contribution in [-0.2, 0) is 11.2 Å². The molecule has 0 fully saturated rings. The molecular weight excluding hydrogens is 380 g/mol. The lowest BCUT2D eigenvalue weighted by Crippen LogP contribution is -2.28. The van der Waals surface area contributed by atoms with Crippen LogP contribution in [-0.4, -0.2) is 30.2 Å². The average molecular weight is 397 g/mol. The number of carboxylic acids is 1. The summed E-state index contributed by atoms with van der Waals surface area (Å²) in [6, 6.07) is 8.18. The summed E-state index contributed by atoms with van der Waals surface area (Å²) in [5, 5.41) is 14.8. The molecule has 0 saturated heterocycles. The summed E-state index contributed by atoms with van der Waals surface area (Å²) in [7, 11) is 0. The summed E-state index contributed by atoms with van der Waals surface area (Å²) in [4.78, 5) is 28.5. The van der Waals surface area contributed by atoms with E-state index in [4.69, 9.17) is 11.6 Å². The zero-order chi connectivity index (χ0) is 20.0. The van der Waals surface area contributed by atoms with Gasteiger partial charge in [-0.15, -0.1) is 0 Å². The van der Waals surface area contributed by atoms with Crippen molar-refractivity contribution >= 4 is 34.1 Å². The van der Waals surface area contributed by atoms with Gasteiger partial charge >= 0.3 is 5.97 Å². The number of fused-ring (bicyclic) bond motifs is 3. The van der Waals surface area contributed by atoms with Gasteiger partial charge in [-0.1, -0.05) is 30.7 Å². The second-order valence-corrected chi connectivity index (χ2v) is 6.95. The molecule has 1 aromatic carbocycles.